The van der Waals surface area contributed by atoms with Crippen LogP contribution in [0.1, 0.15) is 26.7 Å². The Balaban J connectivity index is 0.00000625. The van der Waals surface area contributed by atoms with Gasteiger partial charge in [0, 0.05) is 32.2 Å². The summed E-state index contributed by atoms with van der Waals surface area (Å²) >= 11 is 0. The average Bonchev–Trinajstić information content (AvgIpc) is 2.52. The Morgan fingerprint density at radius 1 is 1.15 bits per heavy atom. The van der Waals surface area contributed by atoms with Gasteiger partial charge in [0.15, 0.2) is 5.96 Å². The van der Waals surface area contributed by atoms with E-state index in [2.05, 4.69) is 20.9 Å². The highest BCUT2D eigenvalue weighted by Crippen LogP contribution is 2.28. The molecule has 0 bridgehead atoms. The van der Waals surface area contributed by atoms with Crippen molar-refractivity contribution in [3.8, 4) is 0 Å². The zero-order chi connectivity index (χ0) is 19.1. The molecule has 0 atom stereocenters. The molecule has 1 saturated heterocycles. The molecular weight excluding hydrogens is 490 g/mol. The topological polar surface area (TPSA) is 103 Å². The van der Waals surface area contributed by atoms with Gasteiger partial charge in [-0.2, -0.15) is 17.5 Å². The van der Waals surface area contributed by atoms with Crippen molar-refractivity contribution in [3.63, 3.8) is 0 Å². The maximum atomic E-state index is 12.6. The molecule has 0 unspecified atom stereocenters. The molecule has 0 spiro atoms. The van der Waals surface area contributed by atoms with Crippen LogP contribution in [0.5, 0.6) is 0 Å². The van der Waals surface area contributed by atoms with Crippen molar-refractivity contribution < 1.29 is 26.4 Å². The van der Waals surface area contributed by atoms with E-state index in [9.17, 15) is 26.4 Å². The Bertz CT molecular complexity index is 578. The highest BCUT2D eigenvalue weighted by Gasteiger charge is 2.50. The minimum absolute atomic E-state index is 0. The summed E-state index contributed by atoms with van der Waals surface area (Å²) < 4.78 is 60.9. The van der Waals surface area contributed by atoms with E-state index in [4.69, 9.17) is 0 Å². The van der Waals surface area contributed by atoms with Crippen molar-refractivity contribution in [2.45, 2.75) is 38.2 Å². The molecule has 26 heavy (non-hydrogen) atoms. The number of aliphatic imine (C=N–C) groups is 1. The molecule has 0 aromatic carbocycles. The van der Waals surface area contributed by atoms with Gasteiger partial charge in [0.2, 0.25) is 5.91 Å². The van der Waals surface area contributed by atoms with Gasteiger partial charge in [-0.25, -0.2) is 13.4 Å². The maximum Gasteiger partial charge on any atom is 0.511 e. The van der Waals surface area contributed by atoms with Crippen LogP contribution in [0, 0.1) is 0 Å². The summed E-state index contributed by atoms with van der Waals surface area (Å²) in [5.41, 5.74) is -5.28. The second-order valence-electron chi connectivity index (χ2n) is 5.42. The van der Waals surface area contributed by atoms with Gasteiger partial charge in [-0.1, -0.05) is 0 Å². The van der Waals surface area contributed by atoms with Crippen LogP contribution in [0.4, 0.5) is 13.2 Å². The van der Waals surface area contributed by atoms with Crippen molar-refractivity contribution >= 4 is 45.9 Å². The van der Waals surface area contributed by atoms with Gasteiger partial charge >= 0.3 is 15.5 Å². The third-order valence-corrected chi connectivity index (χ3v) is 5.16. The molecule has 0 aromatic heterocycles. The third kappa shape index (κ3) is 7.42. The highest BCUT2D eigenvalue weighted by atomic mass is 127. The van der Waals surface area contributed by atoms with Gasteiger partial charge in [-0.15, -0.1) is 24.0 Å². The van der Waals surface area contributed by atoms with E-state index in [1.54, 1.807) is 6.92 Å². The maximum absolute atomic E-state index is 12.6. The van der Waals surface area contributed by atoms with Crippen LogP contribution in [-0.4, -0.2) is 68.9 Å². The van der Waals surface area contributed by atoms with Crippen molar-refractivity contribution in [2.24, 2.45) is 4.99 Å². The van der Waals surface area contributed by atoms with E-state index in [1.165, 1.54) is 0 Å². The fourth-order valence-electron chi connectivity index (χ4n) is 2.30. The van der Waals surface area contributed by atoms with Crippen LogP contribution >= 0.6 is 24.0 Å². The van der Waals surface area contributed by atoms with E-state index < -0.39 is 15.5 Å². The number of piperidine rings is 1. The summed E-state index contributed by atoms with van der Waals surface area (Å²) in [6, 6.07) is -0.230. The molecule has 0 aromatic rings. The number of amides is 1. The number of rotatable bonds is 6. The molecule has 1 heterocycles. The van der Waals surface area contributed by atoms with Gasteiger partial charge in [0.1, 0.15) is 6.54 Å². The number of sulfonamides is 1. The van der Waals surface area contributed by atoms with Crippen LogP contribution in [0.3, 0.4) is 0 Å². The lowest BCUT2D eigenvalue weighted by Gasteiger charge is -2.32. The molecule has 1 rings (SSSR count). The van der Waals surface area contributed by atoms with Crippen LogP contribution < -0.4 is 16.0 Å². The molecule has 0 saturated carbocycles. The number of nitrogens with zero attached hydrogens (tertiary/aromatic N) is 2. The largest absolute Gasteiger partial charge is 0.511 e. The number of carbonyl (C=O) groups excluding carboxylic acids is 1. The van der Waals surface area contributed by atoms with Gasteiger partial charge < -0.3 is 16.0 Å². The van der Waals surface area contributed by atoms with Crippen molar-refractivity contribution in [2.75, 3.05) is 32.7 Å². The van der Waals surface area contributed by atoms with E-state index in [1.807, 2.05) is 6.92 Å². The van der Waals surface area contributed by atoms with Crippen molar-refractivity contribution in [3.05, 3.63) is 0 Å². The van der Waals surface area contributed by atoms with Gasteiger partial charge in [-0.3, -0.25) is 4.79 Å². The van der Waals surface area contributed by atoms with Crippen LogP contribution in [-0.2, 0) is 14.8 Å². The molecule has 3 N–H and O–H groups in total. The fraction of sp³-hybridized carbons (Fsp3) is 0.846. The quantitative estimate of drug-likeness (QED) is 0.274. The molecule has 0 aliphatic carbocycles. The standard InChI is InChI=1S/C13H24F3N5O3S.HI/c1-3-17-11(22)9-19-12(18-4-2)20-10-5-7-21(8-6-10)25(23,24)13(14,15)16;/h10H,3-9H2,1-2H3,(H,17,22)(H2,18,19,20);1H. The Morgan fingerprint density at radius 2 is 1.69 bits per heavy atom. The van der Waals surface area contributed by atoms with Gasteiger partial charge in [0.25, 0.3) is 0 Å². The smallest absolute Gasteiger partial charge is 0.357 e. The van der Waals surface area contributed by atoms with E-state index >= 15 is 0 Å². The van der Waals surface area contributed by atoms with Crippen molar-refractivity contribution in [1.82, 2.24) is 20.3 Å². The van der Waals surface area contributed by atoms with Crippen molar-refractivity contribution in [1.29, 1.82) is 0 Å². The fourth-order valence-corrected chi connectivity index (χ4v) is 3.29. The number of likely N-dealkylation sites (N-methyl/N-ethyl adjacent to an activating group) is 1. The van der Waals surface area contributed by atoms with E-state index in [0.29, 0.717) is 23.4 Å². The summed E-state index contributed by atoms with van der Waals surface area (Å²) in [5.74, 6) is 0.122. The molecule has 154 valence electrons. The first kappa shape index (κ1) is 25.2. The minimum atomic E-state index is -5.28. The minimum Gasteiger partial charge on any atom is -0.357 e. The second kappa shape index (κ2) is 11.1. The zero-order valence-corrected chi connectivity index (χ0v) is 17.7. The second-order valence-corrected chi connectivity index (χ2v) is 7.35. The molecule has 1 aliphatic heterocycles. The first-order chi connectivity index (χ1) is 11.6. The first-order valence-corrected chi connectivity index (χ1v) is 9.43. The number of halogens is 4. The first-order valence-electron chi connectivity index (χ1n) is 7.99. The number of guanidine groups is 1. The summed E-state index contributed by atoms with van der Waals surface area (Å²) in [4.78, 5) is 15.5. The molecule has 0 radical (unpaired) electrons. The number of alkyl halides is 3. The monoisotopic (exact) mass is 515 g/mol. The lowest BCUT2D eigenvalue weighted by Crippen LogP contribution is -2.51. The summed E-state index contributed by atoms with van der Waals surface area (Å²) in [7, 11) is -5.28. The molecule has 1 aliphatic rings. The summed E-state index contributed by atoms with van der Waals surface area (Å²) in [6.45, 7) is 4.12. The SMILES string of the molecule is CCNC(=O)CN=C(NCC)NC1CCN(S(=O)(=O)C(F)(F)F)CC1.I. The Morgan fingerprint density at radius 3 is 2.15 bits per heavy atom. The lowest BCUT2D eigenvalue weighted by molar-refractivity contribution is -0.119. The molecule has 13 heteroatoms. The predicted molar refractivity (Wildman–Crippen MR) is 103 cm³/mol. The zero-order valence-electron chi connectivity index (χ0n) is 14.6. The molecule has 8 nitrogen and oxygen atoms in total. The lowest BCUT2D eigenvalue weighted by atomic mass is 10.1. The van der Waals surface area contributed by atoms with Gasteiger partial charge in [-0.05, 0) is 26.7 Å². The number of carbonyl (C=O) groups is 1. The normalized spacial score (nSPS) is 17.3. The van der Waals surface area contributed by atoms with Crippen LogP contribution in [0.25, 0.3) is 0 Å². The Hall–Kier alpha value is -0.830. The third-order valence-electron chi connectivity index (χ3n) is 3.53. The average molecular weight is 515 g/mol. The summed E-state index contributed by atoms with van der Waals surface area (Å²) in [5, 5.41) is 8.56. The number of nitrogens with one attached hydrogen (secondary N) is 3. The molecule has 1 fully saturated rings. The summed E-state index contributed by atoms with van der Waals surface area (Å²) in [6.07, 6.45) is 0.418. The Kier molecular flexibility index (Phi) is 10.8. The predicted octanol–water partition coefficient (Wildman–Crippen LogP) is 0.610. The molecular formula is C13H25F3IN5O3S. The Labute approximate surface area is 168 Å². The van der Waals surface area contributed by atoms with E-state index in [0.717, 1.165) is 0 Å². The number of hydrogen-bond donors (Lipinski definition) is 3. The molecule has 1 amide bonds. The van der Waals surface area contributed by atoms with Crippen LogP contribution in [0.15, 0.2) is 4.99 Å². The van der Waals surface area contributed by atoms with E-state index in [-0.39, 0.29) is 68.4 Å². The van der Waals surface area contributed by atoms with Gasteiger partial charge in [0.05, 0.1) is 0 Å². The number of hydrogen-bond acceptors (Lipinski definition) is 4. The van der Waals surface area contributed by atoms with Crippen LogP contribution in [0.2, 0.25) is 0 Å². The highest BCUT2D eigenvalue weighted by molar-refractivity contribution is 14.0.